The van der Waals surface area contributed by atoms with Crippen molar-refractivity contribution in [2.24, 2.45) is 0 Å². The highest BCUT2D eigenvalue weighted by atomic mass is 35.5. The number of carbonyl (C=O) groups excluding carboxylic acids is 1. The third kappa shape index (κ3) is 3.39. The molecule has 0 aliphatic carbocycles. The molecule has 7 heteroatoms. The van der Waals surface area contributed by atoms with Crippen molar-refractivity contribution in [3.05, 3.63) is 29.0 Å². The van der Waals surface area contributed by atoms with Crippen LogP contribution in [0.1, 0.15) is 19.3 Å². The first-order valence-electron chi connectivity index (χ1n) is 6.24. The molecular formula is C13H14ClFN2O3. The molecule has 1 heterocycles. The largest absolute Gasteiger partial charge is 0.480 e. The van der Waals surface area contributed by atoms with Crippen molar-refractivity contribution in [3.8, 4) is 0 Å². The average Bonchev–Trinajstić information content (AvgIpc) is 2.37. The summed E-state index contributed by atoms with van der Waals surface area (Å²) in [7, 11) is 0. The SMILES string of the molecule is O=C(O)C1CCCCN1C(=O)Nc1cc(F)cc(Cl)c1. The second-order valence-corrected chi connectivity index (χ2v) is 5.07. The third-order valence-electron chi connectivity index (χ3n) is 3.16. The molecule has 0 radical (unpaired) electrons. The van der Waals surface area contributed by atoms with E-state index in [1.807, 2.05) is 0 Å². The Balaban J connectivity index is 2.11. The van der Waals surface area contributed by atoms with E-state index in [1.165, 1.54) is 11.0 Å². The van der Waals surface area contributed by atoms with Crippen LogP contribution in [0, 0.1) is 5.82 Å². The molecule has 1 aromatic carbocycles. The second-order valence-electron chi connectivity index (χ2n) is 4.63. The number of benzene rings is 1. The summed E-state index contributed by atoms with van der Waals surface area (Å²) in [4.78, 5) is 24.5. The van der Waals surface area contributed by atoms with Crippen LogP contribution in [0.25, 0.3) is 0 Å². The summed E-state index contributed by atoms with van der Waals surface area (Å²) in [6, 6.07) is 2.26. The number of urea groups is 1. The molecule has 0 bridgehead atoms. The molecule has 1 unspecified atom stereocenters. The van der Waals surface area contributed by atoms with E-state index in [4.69, 9.17) is 16.7 Å². The Bertz CT molecular complexity index is 518. The van der Waals surface area contributed by atoms with Gasteiger partial charge >= 0.3 is 12.0 Å². The topological polar surface area (TPSA) is 69.6 Å². The number of nitrogens with one attached hydrogen (secondary N) is 1. The van der Waals surface area contributed by atoms with E-state index in [0.29, 0.717) is 13.0 Å². The van der Waals surface area contributed by atoms with Crippen molar-refractivity contribution >= 4 is 29.3 Å². The second kappa shape index (κ2) is 6.09. The van der Waals surface area contributed by atoms with Crippen LogP contribution in [0.3, 0.4) is 0 Å². The Hall–Kier alpha value is -1.82. The van der Waals surface area contributed by atoms with Crippen LogP contribution in [0.15, 0.2) is 18.2 Å². The number of anilines is 1. The van der Waals surface area contributed by atoms with E-state index >= 15 is 0 Å². The molecule has 2 rings (SSSR count). The first-order chi connectivity index (χ1) is 9.47. The fourth-order valence-electron chi connectivity index (χ4n) is 2.25. The molecule has 108 valence electrons. The average molecular weight is 301 g/mol. The van der Waals surface area contributed by atoms with Crippen molar-refractivity contribution in [1.82, 2.24) is 4.90 Å². The predicted octanol–water partition coefficient (Wildman–Crippen LogP) is 2.95. The highest BCUT2D eigenvalue weighted by Crippen LogP contribution is 2.21. The summed E-state index contributed by atoms with van der Waals surface area (Å²) in [5, 5.41) is 11.7. The Morgan fingerprint density at radius 3 is 2.75 bits per heavy atom. The zero-order valence-electron chi connectivity index (χ0n) is 10.6. The van der Waals surface area contributed by atoms with Crippen LogP contribution in [0.5, 0.6) is 0 Å². The molecule has 1 atom stereocenters. The predicted molar refractivity (Wildman–Crippen MR) is 72.4 cm³/mol. The van der Waals surface area contributed by atoms with E-state index in [2.05, 4.69) is 5.32 Å². The highest BCUT2D eigenvalue weighted by Gasteiger charge is 2.31. The number of piperidine rings is 1. The minimum absolute atomic E-state index is 0.161. The molecule has 1 fully saturated rings. The quantitative estimate of drug-likeness (QED) is 0.882. The van der Waals surface area contributed by atoms with E-state index in [0.717, 1.165) is 25.0 Å². The number of hydrogen-bond acceptors (Lipinski definition) is 2. The molecule has 2 N–H and O–H groups in total. The lowest BCUT2D eigenvalue weighted by atomic mass is 10.0. The van der Waals surface area contributed by atoms with Gasteiger partial charge in [-0.3, -0.25) is 0 Å². The minimum atomic E-state index is -1.03. The number of carboxylic acid groups (broad SMARTS) is 1. The van der Waals surface area contributed by atoms with Gasteiger partial charge in [0.25, 0.3) is 0 Å². The minimum Gasteiger partial charge on any atom is -0.480 e. The van der Waals surface area contributed by atoms with Gasteiger partial charge in [0.1, 0.15) is 11.9 Å². The van der Waals surface area contributed by atoms with Crippen LogP contribution in [-0.2, 0) is 4.79 Å². The summed E-state index contributed by atoms with van der Waals surface area (Å²) in [6.07, 6.45) is 1.94. The molecule has 0 aromatic heterocycles. The summed E-state index contributed by atoms with van der Waals surface area (Å²) in [5.41, 5.74) is 0.203. The van der Waals surface area contributed by atoms with Crippen molar-refractivity contribution in [2.45, 2.75) is 25.3 Å². The summed E-state index contributed by atoms with van der Waals surface area (Å²) in [6.45, 7) is 0.367. The molecule has 2 amide bonds. The maximum absolute atomic E-state index is 13.2. The monoisotopic (exact) mass is 300 g/mol. The number of carbonyl (C=O) groups is 2. The number of hydrogen-bond donors (Lipinski definition) is 2. The van der Waals surface area contributed by atoms with Crippen molar-refractivity contribution in [2.75, 3.05) is 11.9 Å². The standard InChI is InChI=1S/C13H14ClFN2O3/c14-8-5-9(15)7-10(6-8)16-13(20)17-4-2-1-3-11(17)12(18)19/h5-7,11H,1-4H2,(H,16,20)(H,18,19). The maximum atomic E-state index is 13.2. The lowest BCUT2D eigenvalue weighted by Crippen LogP contribution is -2.49. The van der Waals surface area contributed by atoms with Crippen LogP contribution in [-0.4, -0.2) is 34.6 Å². The Kier molecular flexibility index (Phi) is 4.44. The highest BCUT2D eigenvalue weighted by molar-refractivity contribution is 6.30. The lowest BCUT2D eigenvalue weighted by molar-refractivity contribution is -0.143. The first kappa shape index (κ1) is 14.6. The van der Waals surface area contributed by atoms with Gasteiger partial charge in [0.05, 0.1) is 0 Å². The molecule has 0 spiro atoms. The number of likely N-dealkylation sites (tertiary alicyclic amines) is 1. The fraction of sp³-hybridized carbons (Fsp3) is 0.385. The zero-order chi connectivity index (χ0) is 14.7. The van der Waals surface area contributed by atoms with Gasteiger partial charge in [0.15, 0.2) is 0 Å². The van der Waals surface area contributed by atoms with Crippen LogP contribution in [0.4, 0.5) is 14.9 Å². The van der Waals surface area contributed by atoms with Crippen molar-refractivity contribution < 1.29 is 19.1 Å². The van der Waals surface area contributed by atoms with E-state index < -0.39 is 23.9 Å². The number of rotatable bonds is 2. The molecule has 1 aliphatic heterocycles. The van der Waals surface area contributed by atoms with Gasteiger partial charge in [0.2, 0.25) is 0 Å². The summed E-state index contributed by atoms with van der Waals surface area (Å²) in [5.74, 6) is -1.60. The van der Waals surface area contributed by atoms with Crippen LogP contribution >= 0.6 is 11.6 Å². The van der Waals surface area contributed by atoms with Gasteiger partial charge in [-0.15, -0.1) is 0 Å². The van der Waals surface area contributed by atoms with E-state index in [1.54, 1.807) is 0 Å². The Labute approximate surface area is 120 Å². The zero-order valence-corrected chi connectivity index (χ0v) is 11.4. The van der Waals surface area contributed by atoms with Gasteiger partial charge in [-0.25, -0.2) is 14.0 Å². The van der Waals surface area contributed by atoms with Crippen LogP contribution in [0.2, 0.25) is 5.02 Å². The van der Waals surface area contributed by atoms with Crippen molar-refractivity contribution in [3.63, 3.8) is 0 Å². The Morgan fingerprint density at radius 1 is 1.35 bits per heavy atom. The van der Waals surface area contributed by atoms with E-state index in [9.17, 15) is 14.0 Å². The third-order valence-corrected chi connectivity index (χ3v) is 3.38. The van der Waals surface area contributed by atoms with Crippen LogP contribution < -0.4 is 5.32 Å². The van der Waals surface area contributed by atoms with Gasteiger partial charge in [-0.1, -0.05) is 11.6 Å². The number of nitrogens with zero attached hydrogens (tertiary/aromatic N) is 1. The molecular weight excluding hydrogens is 287 g/mol. The number of halogens is 2. The van der Waals surface area contributed by atoms with Crippen molar-refractivity contribution in [1.29, 1.82) is 0 Å². The maximum Gasteiger partial charge on any atom is 0.326 e. The van der Waals surface area contributed by atoms with Gasteiger partial charge in [-0.05, 0) is 37.5 Å². The molecule has 20 heavy (non-hydrogen) atoms. The summed E-state index contributed by atoms with van der Waals surface area (Å²) >= 11 is 5.70. The Morgan fingerprint density at radius 2 is 2.10 bits per heavy atom. The fourth-order valence-corrected chi connectivity index (χ4v) is 2.47. The van der Waals surface area contributed by atoms with Gasteiger partial charge in [-0.2, -0.15) is 0 Å². The molecule has 0 saturated carbocycles. The number of aliphatic carboxylic acids is 1. The number of carboxylic acids is 1. The van der Waals surface area contributed by atoms with Gasteiger partial charge < -0.3 is 15.3 Å². The molecule has 5 nitrogen and oxygen atoms in total. The molecule has 1 aliphatic rings. The number of amides is 2. The first-order valence-corrected chi connectivity index (χ1v) is 6.61. The molecule has 1 saturated heterocycles. The van der Waals surface area contributed by atoms with Gasteiger partial charge in [0, 0.05) is 17.3 Å². The van der Waals surface area contributed by atoms with E-state index in [-0.39, 0.29) is 10.7 Å². The summed E-state index contributed by atoms with van der Waals surface area (Å²) < 4.78 is 13.2. The smallest absolute Gasteiger partial charge is 0.326 e. The lowest BCUT2D eigenvalue weighted by Gasteiger charge is -2.32. The molecule has 1 aromatic rings. The normalized spacial score (nSPS) is 18.7.